The van der Waals surface area contributed by atoms with Gasteiger partial charge in [0, 0.05) is 18.2 Å². The molecule has 1 aromatic carbocycles. The van der Waals surface area contributed by atoms with Crippen molar-refractivity contribution < 1.29 is 24.5 Å². The van der Waals surface area contributed by atoms with Gasteiger partial charge in [-0.15, -0.1) is 0 Å². The number of carbonyl (C=O) groups is 2. The third-order valence-corrected chi connectivity index (χ3v) is 3.41. The number of carboxylic acids is 2. The third-order valence-electron chi connectivity index (χ3n) is 3.41. The smallest absolute Gasteiger partial charge is 0.341 e. The van der Waals surface area contributed by atoms with E-state index >= 15 is 0 Å². The SMILES string of the molecule is COc1cc(C)nc(NC(Cc2ccccc2)(C(=O)O)C(=O)O)n1. The van der Waals surface area contributed by atoms with Crippen molar-refractivity contribution >= 4 is 17.9 Å². The molecule has 126 valence electrons. The number of hydrogen-bond donors (Lipinski definition) is 3. The Morgan fingerprint density at radius 2 is 1.79 bits per heavy atom. The number of carboxylic acid groups (broad SMARTS) is 2. The number of rotatable bonds is 7. The molecule has 0 aliphatic heterocycles. The lowest BCUT2D eigenvalue weighted by atomic mass is 9.91. The highest BCUT2D eigenvalue weighted by Gasteiger charge is 2.47. The largest absolute Gasteiger partial charge is 0.481 e. The van der Waals surface area contributed by atoms with Gasteiger partial charge in [0.2, 0.25) is 17.4 Å². The summed E-state index contributed by atoms with van der Waals surface area (Å²) in [6, 6.07) is 10.0. The van der Waals surface area contributed by atoms with E-state index in [2.05, 4.69) is 15.3 Å². The molecule has 0 fully saturated rings. The fourth-order valence-electron chi connectivity index (χ4n) is 2.19. The summed E-state index contributed by atoms with van der Waals surface area (Å²) in [6.45, 7) is 1.66. The number of hydrogen-bond acceptors (Lipinski definition) is 6. The van der Waals surface area contributed by atoms with Gasteiger partial charge in [-0.05, 0) is 12.5 Å². The minimum Gasteiger partial charge on any atom is -0.481 e. The Kier molecular flexibility index (Phi) is 4.98. The first-order chi connectivity index (χ1) is 11.4. The maximum Gasteiger partial charge on any atom is 0.341 e. The Balaban J connectivity index is 2.45. The van der Waals surface area contributed by atoms with Crippen LogP contribution in [0.1, 0.15) is 11.3 Å². The van der Waals surface area contributed by atoms with Gasteiger partial charge >= 0.3 is 11.9 Å². The Bertz CT molecular complexity index is 735. The molecule has 24 heavy (non-hydrogen) atoms. The molecule has 0 atom stereocenters. The Labute approximate surface area is 138 Å². The maximum atomic E-state index is 11.8. The third kappa shape index (κ3) is 3.60. The molecule has 2 aromatic rings. The second kappa shape index (κ2) is 6.95. The van der Waals surface area contributed by atoms with Gasteiger partial charge in [0.25, 0.3) is 0 Å². The minimum absolute atomic E-state index is 0.132. The number of aliphatic carboxylic acids is 2. The molecule has 0 saturated heterocycles. The lowest BCUT2D eigenvalue weighted by molar-refractivity contribution is -0.155. The van der Waals surface area contributed by atoms with E-state index in [0.717, 1.165) is 0 Å². The maximum absolute atomic E-state index is 11.8. The molecule has 0 saturated carbocycles. The fraction of sp³-hybridized carbons (Fsp3) is 0.250. The molecule has 0 unspecified atom stereocenters. The van der Waals surface area contributed by atoms with Crippen molar-refractivity contribution in [3.05, 3.63) is 47.7 Å². The normalized spacial score (nSPS) is 10.9. The van der Waals surface area contributed by atoms with Crippen LogP contribution in [0.2, 0.25) is 0 Å². The molecule has 0 aliphatic rings. The van der Waals surface area contributed by atoms with Crippen molar-refractivity contribution in [2.24, 2.45) is 0 Å². The number of benzene rings is 1. The average molecular weight is 331 g/mol. The molecule has 3 N–H and O–H groups in total. The van der Waals surface area contributed by atoms with Crippen molar-refractivity contribution in [3.8, 4) is 5.88 Å². The van der Waals surface area contributed by atoms with E-state index in [9.17, 15) is 19.8 Å². The number of methoxy groups -OCH3 is 1. The molecule has 0 aliphatic carbocycles. The number of nitrogens with one attached hydrogen (secondary N) is 1. The van der Waals surface area contributed by atoms with Crippen LogP contribution in [0.15, 0.2) is 36.4 Å². The monoisotopic (exact) mass is 331 g/mol. The summed E-state index contributed by atoms with van der Waals surface area (Å²) in [5, 5.41) is 21.6. The highest BCUT2D eigenvalue weighted by Crippen LogP contribution is 2.21. The number of aromatic nitrogens is 2. The highest BCUT2D eigenvalue weighted by molar-refractivity contribution is 6.06. The molecule has 0 bridgehead atoms. The van der Waals surface area contributed by atoms with E-state index in [1.54, 1.807) is 43.3 Å². The van der Waals surface area contributed by atoms with E-state index in [1.165, 1.54) is 7.11 Å². The second-order valence-electron chi connectivity index (χ2n) is 5.18. The molecule has 1 aromatic heterocycles. The second-order valence-corrected chi connectivity index (χ2v) is 5.18. The minimum atomic E-state index is -2.31. The van der Waals surface area contributed by atoms with E-state index in [1.807, 2.05) is 0 Å². The molecule has 0 spiro atoms. The average Bonchev–Trinajstić information content (AvgIpc) is 2.54. The van der Waals surface area contributed by atoms with Crippen LogP contribution < -0.4 is 10.1 Å². The van der Waals surface area contributed by atoms with Gasteiger partial charge in [0.05, 0.1) is 7.11 Å². The van der Waals surface area contributed by atoms with Crippen LogP contribution in [0.25, 0.3) is 0 Å². The number of ether oxygens (including phenoxy) is 1. The summed E-state index contributed by atoms with van der Waals surface area (Å²) >= 11 is 0. The topological polar surface area (TPSA) is 122 Å². The first-order valence-corrected chi connectivity index (χ1v) is 7.06. The van der Waals surface area contributed by atoms with E-state index in [4.69, 9.17) is 4.74 Å². The zero-order valence-corrected chi connectivity index (χ0v) is 13.2. The molecular formula is C16H17N3O5. The van der Waals surface area contributed by atoms with Gasteiger partial charge in [-0.1, -0.05) is 30.3 Å². The van der Waals surface area contributed by atoms with E-state index in [-0.39, 0.29) is 18.2 Å². The molecule has 8 heteroatoms. The Hall–Kier alpha value is -3.16. The molecule has 0 radical (unpaired) electrons. The van der Waals surface area contributed by atoms with Gasteiger partial charge in [0.15, 0.2) is 0 Å². The summed E-state index contributed by atoms with van der Waals surface area (Å²) in [6.07, 6.45) is -0.280. The van der Waals surface area contributed by atoms with Crippen LogP contribution in [0.4, 0.5) is 5.95 Å². The van der Waals surface area contributed by atoms with Gasteiger partial charge in [-0.2, -0.15) is 4.98 Å². The number of anilines is 1. The van der Waals surface area contributed by atoms with Gasteiger partial charge in [-0.3, -0.25) is 0 Å². The number of aryl methyl sites for hydroxylation is 1. The summed E-state index contributed by atoms with van der Waals surface area (Å²) in [5.74, 6) is -3.01. The lowest BCUT2D eigenvalue weighted by Crippen LogP contribution is -2.55. The summed E-state index contributed by atoms with van der Waals surface area (Å²) < 4.78 is 5.00. The van der Waals surface area contributed by atoms with Crippen LogP contribution >= 0.6 is 0 Å². The number of nitrogens with zero attached hydrogens (tertiary/aromatic N) is 2. The van der Waals surface area contributed by atoms with Crippen LogP contribution in [0.3, 0.4) is 0 Å². The molecule has 1 heterocycles. The predicted molar refractivity (Wildman–Crippen MR) is 85.1 cm³/mol. The zero-order valence-electron chi connectivity index (χ0n) is 13.2. The van der Waals surface area contributed by atoms with Crippen LogP contribution in [0.5, 0.6) is 5.88 Å². The van der Waals surface area contributed by atoms with Crippen molar-refractivity contribution in [1.82, 2.24) is 9.97 Å². The molecular weight excluding hydrogens is 314 g/mol. The van der Waals surface area contributed by atoms with Crippen molar-refractivity contribution in [1.29, 1.82) is 0 Å². The van der Waals surface area contributed by atoms with Gasteiger partial charge < -0.3 is 20.3 Å². The lowest BCUT2D eigenvalue weighted by Gasteiger charge is -2.26. The first kappa shape index (κ1) is 17.2. The van der Waals surface area contributed by atoms with Crippen molar-refractivity contribution in [2.45, 2.75) is 18.9 Å². The Morgan fingerprint density at radius 3 is 2.33 bits per heavy atom. The Morgan fingerprint density at radius 1 is 1.17 bits per heavy atom. The van der Waals surface area contributed by atoms with Gasteiger partial charge in [-0.25, -0.2) is 14.6 Å². The van der Waals surface area contributed by atoms with Crippen LogP contribution in [0, 0.1) is 6.92 Å². The highest BCUT2D eigenvalue weighted by atomic mass is 16.5. The quantitative estimate of drug-likeness (QED) is 0.650. The predicted octanol–water partition coefficient (Wildman–Crippen LogP) is 1.36. The zero-order chi connectivity index (χ0) is 17.7. The van der Waals surface area contributed by atoms with E-state index in [0.29, 0.717) is 11.3 Å². The van der Waals surface area contributed by atoms with Gasteiger partial charge in [0.1, 0.15) is 0 Å². The fourth-order valence-corrected chi connectivity index (χ4v) is 2.19. The van der Waals surface area contributed by atoms with Crippen molar-refractivity contribution in [3.63, 3.8) is 0 Å². The molecule has 0 amide bonds. The summed E-state index contributed by atoms with van der Waals surface area (Å²) in [7, 11) is 1.40. The van der Waals surface area contributed by atoms with Crippen LogP contribution in [-0.2, 0) is 16.0 Å². The van der Waals surface area contributed by atoms with Crippen LogP contribution in [-0.4, -0.2) is 44.8 Å². The first-order valence-electron chi connectivity index (χ1n) is 7.06. The summed E-state index contributed by atoms with van der Waals surface area (Å²) in [5.41, 5.74) is -1.25. The molecule has 2 rings (SSSR count). The van der Waals surface area contributed by atoms with E-state index < -0.39 is 17.5 Å². The van der Waals surface area contributed by atoms with Crippen molar-refractivity contribution in [2.75, 3.05) is 12.4 Å². The summed E-state index contributed by atoms with van der Waals surface area (Å²) in [4.78, 5) is 31.6. The molecule has 8 nitrogen and oxygen atoms in total. The standard InChI is InChI=1S/C16H17N3O5/c1-10-8-12(24-2)18-15(17-10)19-16(13(20)21,14(22)23)9-11-6-4-3-5-7-11/h3-8H,9H2,1-2H3,(H,20,21)(H,22,23)(H,17,18,19).